The van der Waals surface area contributed by atoms with Gasteiger partial charge in [0.05, 0.1) is 5.02 Å². The number of nitrogens with zero attached hydrogens (tertiary/aromatic N) is 1. The van der Waals surface area contributed by atoms with Gasteiger partial charge in [0.15, 0.2) is 0 Å². The minimum atomic E-state index is -0.0200. The Balaban J connectivity index is 2.99. The van der Waals surface area contributed by atoms with Crippen LogP contribution in [0.15, 0.2) is 17.3 Å². The highest BCUT2D eigenvalue weighted by Gasteiger charge is 2.12. The molecule has 0 aliphatic rings. The van der Waals surface area contributed by atoms with E-state index >= 15 is 0 Å². The van der Waals surface area contributed by atoms with Crippen LogP contribution in [-0.4, -0.2) is 16.1 Å². The number of pyridine rings is 1. The highest BCUT2D eigenvalue weighted by atomic mass is 35.5. The smallest absolute Gasteiger partial charge is 0.124 e. The first kappa shape index (κ1) is 12.3. The highest BCUT2D eigenvalue weighted by Crippen LogP contribution is 2.31. The van der Waals surface area contributed by atoms with Gasteiger partial charge in [-0.2, -0.15) is 0 Å². The normalized spacial score (nSPS) is 12.5. The van der Waals surface area contributed by atoms with Crippen LogP contribution in [0.5, 0.6) is 0 Å². The first-order valence-corrected chi connectivity index (χ1v) is 5.97. The number of halogens is 1. The number of aromatic nitrogens is 1. The monoisotopic (exact) mass is 243 g/mol. The minimum Gasteiger partial charge on any atom is -0.384 e. The maximum absolute atomic E-state index is 7.36. The Hall–Kier alpha value is -0.740. The van der Waals surface area contributed by atoms with Gasteiger partial charge in [0.25, 0.3) is 0 Å². The van der Waals surface area contributed by atoms with E-state index in [0.717, 1.165) is 11.4 Å². The minimum absolute atomic E-state index is 0.0200. The molecule has 1 heterocycles. The molecule has 0 spiro atoms. The summed E-state index contributed by atoms with van der Waals surface area (Å²) in [6, 6.07) is 1.66. The number of hydrogen-bond acceptors (Lipinski definition) is 3. The first-order chi connectivity index (χ1) is 7.06. The van der Waals surface area contributed by atoms with Gasteiger partial charge in [-0.15, -0.1) is 11.8 Å². The van der Waals surface area contributed by atoms with Crippen LogP contribution in [-0.2, 0) is 0 Å². The van der Waals surface area contributed by atoms with E-state index in [1.807, 2.05) is 0 Å². The summed E-state index contributed by atoms with van der Waals surface area (Å²) < 4.78 is 0. The number of thioether (sulfide) groups is 1. The second-order valence-electron chi connectivity index (χ2n) is 3.23. The molecule has 1 unspecified atom stereocenters. The molecule has 5 heteroatoms. The molecule has 0 saturated carbocycles. The van der Waals surface area contributed by atoms with Crippen molar-refractivity contribution >= 4 is 29.2 Å². The van der Waals surface area contributed by atoms with E-state index in [1.54, 1.807) is 24.0 Å². The van der Waals surface area contributed by atoms with Gasteiger partial charge in [-0.05, 0) is 12.5 Å². The molecule has 0 radical (unpaired) electrons. The van der Waals surface area contributed by atoms with Crippen LogP contribution < -0.4 is 5.73 Å². The molecule has 0 saturated heterocycles. The topological polar surface area (TPSA) is 62.8 Å². The predicted molar refractivity (Wildman–Crippen MR) is 65.9 cm³/mol. The van der Waals surface area contributed by atoms with Gasteiger partial charge in [-0.1, -0.05) is 25.4 Å². The summed E-state index contributed by atoms with van der Waals surface area (Å²) >= 11 is 7.71. The molecule has 3 N–H and O–H groups in total. The zero-order valence-electron chi connectivity index (χ0n) is 8.75. The Labute approximate surface area is 98.9 Å². The molecule has 1 rings (SSSR count). The largest absolute Gasteiger partial charge is 0.384 e. The lowest BCUT2D eigenvalue weighted by molar-refractivity contribution is 0.901. The highest BCUT2D eigenvalue weighted by molar-refractivity contribution is 7.99. The van der Waals surface area contributed by atoms with Crippen LogP contribution >= 0.6 is 23.4 Å². The molecular weight excluding hydrogens is 230 g/mol. The van der Waals surface area contributed by atoms with Gasteiger partial charge in [0, 0.05) is 17.0 Å². The van der Waals surface area contributed by atoms with Crippen LogP contribution in [0.2, 0.25) is 5.02 Å². The maximum Gasteiger partial charge on any atom is 0.124 e. The second-order valence-corrected chi connectivity index (χ2v) is 5.03. The Bertz CT molecular complexity index is 368. The van der Waals surface area contributed by atoms with Crippen LogP contribution in [0.1, 0.15) is 25.8 Å². The third kappa shape index (κ3) is 3.11. The lowest BCUT2D eigenvalue weighted by atomic mass is 10.2. The molecule has 0 aliphatic carbocycles. The number of nitrogens with one attached hydrogen (secondary N) is 1. The summed E-state index contributed by atoms with van der Waals surface area (Å²) in [7, 11) is 0. The summed E-state index contributed by atoms with van der Waals surface area (Å²) in [6.07, 6.45) is 2.68. The van der Waals surface area contributed by atoms with Crippen LogP contribution in [0.3, 0.4) is 0 Å². The molecule has 0 aromatic carbocycles. The first-order valence-electron chi connectivity index (χ1n) is 4.71. The summed E-state index contributed by atoms with van der Waals surface area (Å²) in [5.74, 6) is -0.0200. The van der Waals surface area contributed by atoms with E-state index in [1.165, 1.54) is 0 Å². The SMILES string of the molecule is CCC(C)Sc1nccc(C(=N)N)c1Cl. The Morgan fingerprint density at radius 2 is 2.40 bits per heavy atom. The van der Waals surface area contributed by atoms with E-state index in [2.05, 4.69) is 18.8 Å². The van der Waals surface area contributed by atoms with Crippen molar-refractivity contribution in [3.05, 3.63) is 22.8 Å². The second kappa shape index (κ2) is 5.37. The zero-order valence-corrected chi connectivity index (χ0v) is 10.3. The third-order valence-electron chi connectivity index (χ3n) is 2.04. The third-order valence-corrected chi connectivity index (χ3v) is 3.80. The fourth-order valence-corrected chi connectivity index (χ4v) is 2.22. The lowest BCUT2D eigenvalue weighted by Crippen LogP contribution is -2.12. The van der Waals surface area contributed by atoms with Gasteiger partial charge < -0.3 is 5.73 Å². The molecule has 0 aliphatic heterocycles. The van der Waals surface area contributed by atoms with Crippen LogP contribution in [0, 0.1) is 5.41 Å². The molecule has 1 atom stereocenters. The maximum atomic E-state index is 7.36. The molecule has 3 nitrogen and oxygen atoms in total. The summed E-state index contributed by atoms with van der Waals surface area (Å²) in [6.45, 7) is 4.23. The van der Waals surface area contributed by atoms with Gasteiger partial charge in [0.2, 0.25) is 0 Å². The van der Waals surface area contributed by atoms with Gasteiger partial charge in [-0.25, -0.2) is 4.98 Å². The van der Waals surface area contributed by atoms with Crippen molar-refractivity contribution in [3.8, 4) is 0 Å². The van der Waals surface area contributed by atoms with Crippen molar-refractivity contribution < 1.29 is 0 Å². The van der Waals surface area contributed by atoms with Crippen molar-refractivity contribution in [1.82, 2.24) is 4.98 Å². The van der Waals surface area contributed by atoms with Crippen molar-refractivity contribution in [3.63, 3.8) is 0 Å². The molecule has 0 bridgehead atoms. The molecule has 1 aromatic rings. The summed E-state index contributed by atoms with van der Waals surface area (Å²) in [5.41, 5.74) is 5.96. The van der Waals surface area contributed by atoms with E-state index in [4.69, 9.17) is 22.7 Å². The number of nitrogen functional groups attached to an aromatic ring is 1. The summed E-state index contributed by atoms with van der Waals surface area (Å²) in [5, 5.41) is 9.04. The Kier molecular flexibility index (Phi) is 4.42. The van der Waals surface area contributed by atoms with Crippen molar-refractivity contribution in [2.45, 2.75) is 30.5 Å². The number of amidine groups is 1. The fourth-order valence-electron chi connectivity index (χ4n) is 0.989. The van der Waals surface area contributed by atoms with Crippen LogP contribution in [0.25, 0.3) is 0 Å². The molecule has 0 fully saturated rings. The predicted octanol–water partition coefficient (Wildman–Crippen LogP) is 2.91. The Morgan fingerprint density at radius 3 is 2.93 bits per heavy atom. The van der Waals surface area contributed by atoms with Crippen molar-refractivity contribution in [1.29, 1.82) is 5.41 Å². The molecule has 82 valence electrons. The molecular formula is C10H14ClN3S. The average molecular weight is 244 g/mol. The lowest BCUT2D eigenvalue weighted by Gasteiger charge is -2.10. The molecule has 0 amide bonds. The zero-order chi connectivity index (χ0) is 11.4. The van der Waals surface area contributed by atoms with Crippen molar-refractivity contribution in [2.75, 3.05) is 0 Å². The molecule has 1 aromatic heterocycles. The standard InChI is InChI=1S/C10H14ClN3S/c1-3-6(2)15-10-8(11)7(9(12)13)4-5-14-10/h4-6H,3H2,1-2H3,(H3,12,13). The average Bonchev–Trinajstić information content (AvgIpc) is 2.20. The Morgan fingerprint density at radius 1 is 1.73 bits per heavy atom. The van der Waals surface area contributed by atoms with Crippen molar-refractivity contribution in [2.24, 2.45) is 5.73 Å². The van der Waals surface area contributed by atoms with E-state index < -0.39 is 0 Å². The number of rotatable bonds is 4. The number of hydrogen-bond donors (Lipinski definition) is 2. The quantitative estimate of drug-likeness (QED) is 0.486. The van der Waals surface area contributed by atoms with Crippen LogP contribution in [0.4, 0.5) is 0 Å². The van der Waals surface area contributed by atoms with E-state index in [0.29, 0.717) is 15.8 Å². The van der Waals surface area contributed by atoms with E-state index in [9.17, 15) is 0 Å². The summed E-state index contributed by atoms with van der Waals surface area (Å²) in [4.78, 5) is 4.19. The number of nitrogens with two attached hydrogens (primary N) is 1. The van der Waals surface area contributed by atoms with Gasteiger partial charge in [0.1, 0.15) is 10.9 Å². The van der Waals surface area contributed by atoms with Gasteiger partial charge in [-0.3, -0.25) is 5.41 Å². The van der Waals surface area contributed by atoms with Gasteiger partial charge >= 0.3 is 0 Å². The fraction of sp³-hybridized carbons (Fsp3) is 0.400. The van der Waals surface area contributed by atoms with E-state index in [-0.39, 0.29) is 5.84 Å². The molecule has 15 heavy (non-hydrogen) atoms.